The first-order valence-electron chi connectivity index (χ1n) is 14.9. The molecule has 0 saturated carbocycles. The van der Waals surface area contributed by atoms with Crippen LogP contribution in [0.3, 0.4) is 0 Å². The Balaban J connectivity index is 0.00000264. The molecule has 0 bridgehead atoms. The number of ether oxygens (including phenoxy) is 2. The van der Waals surface area contributed by atoms with E-state index < -0.39 is 0 Å². The highest BCUT2D eigenvalue weighted by Crippen LogP contribution is 2.26. The van der Waals surface area contributed by atoms with E-state index in [1.807, 2.05) is 24.3 Å². The van der Waals surface area contributed by atoms with E-state index in [2.05, 4.69) is 121 Å². The number of nitrogens with one attached hydrogen (secondary N) is 2. The third-order valence-corrected chi connectivity index (χ3v) is 7.64. The van der Waals surface area contributed by atoms with Gasteiger partial charge in [-0.3, -0.25) is 0 Å². The first-order chi connectivity index (χ1) is 20.9. The third kappa shape index (κ3) is 10.8. The molecule has 1 saturated heterocycles. The molecule has 0 radical (unpaired) electrons. The summed E-state index contributed by atoms with van der Waals surface area (Å²) in [4.78, 5) is 3.08. The summed E-state index contributed by atoms with van der Waals surface area (Å²) in [5.74, 6) is 13.2. The summed E-state index contributed by atoms with van der Waals surface area (Å²) in [7, 11) is 0. The molecule has 1 fully saturated rings. The Bertz CT molecular complexity index is 1260. The van der Waals surface area contributed by atoms with Crippen molar-refractivity contribution in [2.45, 2.75) is 12.2 Å². The van der Waals surface area contributed by atoms with Crippen LogP contribution in [0.4, 0.5) is 0 Å². The van der Waals surface area contributed by atoms with Crippen LogP contribution in [-0.4, -0.2) is 52.5 Å². The van der Waals surface area contributed by atoms with Gasteiger partial charge in [-0.25, -0.2) is 0 Å². The fourth-order valence-electron chi connectivity index (χ4n) is 5.32. The van der Waals surface area contributed by atoms with E-state index in [9.17, 15) is 0 Å². The Morgan fingerprint density at radius 2 is 0.705 bits per heavy atom. The fourth-order valence-corrected chi connectivity index (χ4v) is 5.32. The van der Waals surface area contributed by atoms with Crippen molar-refractivity contribution in [2.24, 2.45) is 0 Å². The number of hydrogen-bond donors (Lipinski definition) is 2. The summed E-state index contributed by atoms with van der Waals surface area (Å²) in [5, 5.41) is 0. The van der Waals surface area contributed by atoms with Crippen LogP contribution in [0.2, 0.25) is 0 Å². The summed E-state index contributed by atoms with van der Waals surface area (Å²) in [5.41, 5.74) is 4.60. The van der Waals surface area contributed by atoms with Crippen LogP contribution in [0.15, 0.2) is 121 Å². The van der Waals surface area contributed by atoms with Gasteiger partial charge in [0.15, 0.2) is 0 Å². The van der Waals surface area contributed by atoms with Crippen molar-refractivity contribution in [3.05, 3.63) is 144 Å². The minimum atomic E-state index is -0.102. The maximum absolute atomic E-state index is 6.24. The second kappa shape index (κ2) is 19.6. The topological polar surface area (TPSA) is 27.3 Å². The van der Waals surface area contributed by atoms with Gasteiger partial charge in [0.1, 0.15) is 64.7 Å². The standard InChI is InChI=1S/C38H38N2O2.2ClH/c1-5-17-33(18-6-1)37(34-19-7-2-8-20-34)41-31-15-13-25-39-27-29-40(30-28-39)26-14-16-32-42-38(35-21-9-3-10-22-35)36-23-11-4-12-24-36;;/h1-12,17-24,37-38H,25-32H2;2*1H. The molecule has 6 heteroatoms. The highest BCUT2D eigenvalue weighted by atomic mass is 35.5. The van der Waals surface area contributed by atoms with Crippen LogP contribution in [0.25, 0.3) is 0 Å². The predicted molar refractivity (Wildman–Crippen MR) is 168 cm³/mol. The maximum Gasteiger partial charge on any atom is 0.139 e. The molecule has 0 unspecified atom stereocenters. The summed E-state index contributed by atoms with van der Waals surface area (Å²) in [6, 6.07) is 41.5. The normalized spacial score (nSPS) is 15.6. The van der Waals surface area contributed by atoms with Crippen molar-refractivity contribution >= 4 is 0 Å². The van der Waals surface area contributed by atoms with Crippen LogP contribution in [-0.2, 0) is 9.47 Å². The van der Waals surface area contributed by atoms with Crippen molar-refractivity contribution in [3.8, 4) is 23.7 Å². The molecule has 228 valence electrons. The maximum atomic E-state index is 6.24. The number of rotatable bonds is 10. The molecule has 4 nitrogen and oxygen atoms in total. The zero-order valence-corrected chi connectivity index (χ0v) is 26.4. The van der Waals surface area contributed by atoms with Crippen LogP contribution < -0.4 is 34.6 Å². The van der Waals surface area contributed by atoms with Gasteiger partial charge in [-0.05, 0) is 34.1 Å². The van der Waals surface area contributed by atoms with Gasteiger partial charge in [-0.2, -0.15) is 0 Å². The second-order valence-electron chi connectivity index (χ2n) is 10.6. The van der Waals surface area contributed by atoms with E-state index in [0.717, 1.165) is 61.5 Å². The average Bonchev–Trinajstić information content (AvgIpc) is 3.06. The van der Waals surface area contributed by atoms with E-state index in [1.165, 1.54) is 0 Å². The lowest BCUT2D eigenvalue weighted by Crippen LogP contribution is -3.28. The van der Waals surface area contributed by atoms with Gasteiger partial charge in [0.05, 0.1) is 0 Å². The lowest BCUT2D eigenvalue weighted by molar-refractivity contribution is -1.01. The molecule has 1 aliphatic heterocycles. The van der Waals surface area contributed by atoms with Crippen molar-refractivity contribution in [1.82, 2.24) is 0 Å². The monoisotopic (exact) mass is 626 g/mol. The molecule has 4 aromatic carbocycles. The predicted octanol–water partition coefficient (Wildman–Crippen LogP) is -2.60. The molecule has 2 N–H and O–H groups in total. The Morgan fingerprint density at radius 3 is 0.977 bits per heavy atom. The molecule has 0 amide bonds. The molecule has 0 spiro atoms. The van der Waals surface area contributed by atoms with Crippen molar-refractivity contribution in [2.75, 3.05) is 52.5 Å². The fraction of sp³-hybridized carbons (Fsp3) is 0.263. The number of hydrogen-bond acceptors (Lipinski definition) is 2. The molecule has 1 heterocycles. The van der Waals surface area contributed by atoms with Gasteiger partial charge in [0, 0.05) is 0 Å². The molecule has 5 rings (SSSR count). The highest BCUT2D eigenvalue weighted by molar-refractivity contribution is 5.31. The molecule has 0 atom stereocenters. The molecule has 4 aromatic rings. The second-order valence-corrected chi connectivity index (χ2v) is 10.6. The zero-order valence-electron chi connectivity index (χ0n) is 24.9. The molecule has 0 aromatic heterocycles. The quantitative estimate of drug-likeness (QED) is 0.189. The van der Waals surface area contributed by atoms with Gasteiger partial charge < -0.3 is 44.1 Å². The lowest BCUT2D eigenvalue weighted by atomic mass is 10.0. The first kappa shape index (κ1) is 34.9. The minimum absolute atomic E-state index is 0. The third-order valence-electron chi connectivity index (χ3n) is 7.64. The highest BCUT2D eigenvalue weighted by Gasteiger charge is 2.21. The zero-order chi connectivity index (χ0) is 28.7. The van der Waals surface area contributed by atoms with Gasteiger partial charge in [0.2, 0.25) is 0 Å². The van der Waals surface area contributed by atoms with E-state index in [0.29, 0.717) is 13.2 Å². The molecule has 0 aliphatic carbocycles. The SMILES string of the molecule is C(#CC[NH+]1CC[NH+](CC#CCOC(c2ccccc2)c2ccccc2)CC1)COC(c1ccccc1)c1ccccc1.[Cl-].[Cl-]. The Hall–Kier alpha value is -3.58. The molecular weight excluding hydrogens is 587 g/mol. The summed E-state index contributed by atoms with van der Waals surface area (Å²) >= 11 is 0. The van der Waals surface area contributed by atoms with E-state index in [4.69, 9.17) is 9.47 Å². The van der Waals surface area contributed by atoms with Crippen LogP contribution >= 0.6 is 0 Å². The van der Waals surface area contributed by atoms with Crippen LogP contribution in [0, 0.1) is 23.7 Å². The van der Waals surface area contributed by atoms with E-state index >= 15 is 0 Å². The van der Waals surface area contributed by atoms with Crippen molar-refractivity contribution in [3.63, 3.8) is 0 Å². The minimum Gasteiger partial charge on any atom is -1.00 e. The Labute approximate surface area is 275 Å². The number of quaternary nitrogens is 2. The first-order valence-corrected chi connectivity index (χ1v) is 14.9. The number of halogens is 2. The summed E-state index contributed by atoms with van der Waals surface area (Å²) in [6.07, 6.45) is -0.203. The van der Waals surface area contributed by atoms with E-state index in [1.54, 1.807) is 9.80 Å². The summed E-state index contributed by atoms with van der Waals surface area (Å²) < 4.78 is 12.5. The van der Waals surface area contributed by atoms with Gasteiger partial charge in [-0.1, -0.05) is 133 Å². The van der Waals surface area contributed by atoms with E-state index in [-0.39, 0.29) is 37.0 Å². The lowest BCUT2D eigenvalue weighted by Gasteiger charge is -2.27. The summed E-state index contributed by atoms with van der Waals surface area (Å²) in [6.45, 7) is 7.02. The van der Waals surface area contributed by atoms with Crippen molar-refractivity contribution < 1.29 is 44.1 Å². The Morgan fingerprint density at radius 1 is 0.432 bits per heavy atom. The molecule has 44 heavy (non-hydrogen) atoms. The largest absolute Gasteiger partial charge is 1.00 e. The Kier molecular flexibility index (Phi) is 15.6. The van der Waals surface area contributed by atoms with Crippen LogP contribution in [0.1, 0.15) is 34.5 Å². The van der Waals surface area contributed by atoms with Gasteiger partial charge in [0.25, 0.3) is 0 Å². The molecule has 1 aliphatic rings. The number of benzene rings is 4. The average molecular weight is 628 g/mol. The number of piperazine rings is 1. The molecular formula is C38H40Cl2N2O2. The van der Waals surface area contributed by atoms with Gasteiger partial charge >= 0.3 is 0 Å². The smallest absolute Gasteiger partial charge is 0.139 e. The van der Waals surface area contributed by atoms with Crippen molar-refractivity contribution in [1.29, 1.82) is 0 Å². The van der Waals surface area contributed by atoms with Gasteiger partial charge in [-0.15, -0.1) is 0 Å². The van der Waals surface area contributed by atoms with Crippen LogP contribution in [0.5, 0.6) is 0 Å².